The smallest absolute Gasteiger partial charge is 0.246 e. The standard InChI is InChI=1S/C14H24N2O2/c1-5-11-13(17)15-12(8(2)3)14(18)16(11)7-10-6-9(10)4/h8-12H,5-7H2,1-4H3,(H,15,17). The first-order valence-electron chi connectivity index (χ1n) is 7.06. The summed E-state index contributed by atoms with van der Waals surface area (Å²) in [5, 5.41) is 2.87. The second-order valence-corrected chi connectivity index (χ2v) is 6.12. The summed E-state index contributed by atoms with van der Waals surface area (Å²) in [6.45, 7) is 8.89. The first-order chi connectivity index (χ1) is 8.45. The highest BCUT2D eigenvalue weighted by Crippen LogP contribution is 2.39. The Hall–Kier alpha value is -1.06. The van der Waals surface area contributed by atoms with Crippen molar-refractivity contribution >= 4 is 11.8 Å². The summed E-state index contributed by atoms with van der Waals surface area (Å²) in [5.74, 6) is 1.58. The Morgan fingerprint density at radius 3 is 2.44 bits per heavy atom. The van der Waals surface area contributed by atoms with E-state index in [2.05, 4.69) is 12.2 Å². The van der Waals surface area contributed by atoms with Crippen molar-refractivity contribution in [1.29, 1.82) is 0 Å². The molecule has 0 radical (unpaired) electrons. The summed E-state index contributed by atoms with van der Waals surface area (Å²) in [4.78, 5) is 26.4. The normalized spacial score (nSPS) is 35.9. The fourth-order valence-electron chi connectivity index (χ4n) is 2.77. The van der Waals surface area contributed by atoms with Crippen molar-refractivity contribution < 1.29 is 9.59 Å². The topological polar surface area (TPSA) is 49.4 Å². The fraction of sp³-hybridized carbons (Fsp3) is 0.857. The van der Waals surface area contributed by atoms with Crippen LogP contribution in [0.2, 0.25) is 0 Å². The van der Waals surface area contributed by atoms with Gasteiger partial charge in [-0.3, -0.25) is 9.59 Å². The van der Waals surface area contributed by atoms with Gasteiger partial charge in [0.2, 0.25) is 11.8 Å². The third-order valence-electron chi connectivity index (χ3n) is 4.29. The van der Waals surface area contributed by atoms with Crippen LogP contribution in [0.4, 0.5) is 0 Å². The van der Waals surface area contributed by atoms with E-state index in [0.717, 1.165) is 6.54 Å². The number of carbonyl (C=O) groups is 2. The van der Waals surface area contributed by atoms with Gasteiger partial charge in [0.1, 0.15) is 12.1 Å². The molecule has 4 atom stereocenters. The van der Waals surface area contributed by atoms with Crippen LogP contribution < -0.4 is 5.32 Å². The average Bonchev–Trinajstić information content (AvgIpc) is 2.99. The molecule has 1 saturated carbocycles. The molecule has 1 N–H and O–H groups in total. The molecule has 2 amide bonds. The lowest BCUT2D eigenvalue weighted by atomic mass is 9.96. The number of piperazine rings is 1. The van der Waals surface area contributed by atoms with Gasteiger partial charge in [0.15, 0.2) is 0 Å². The van der Waals surface area contributed by atoms with Crippen LogP contribution in [0.15, 0.2) is 0 Å². The molecule has 4 unspecified atom stereocenters. The van der Waals surface area contributed by atoms with Gasteiger partial charge in [-0.25, -0.2) is 0 Å². The molecule has 0 aromatic carbocycles. The van der Waals surface area contributed by atoms with E-state index in [4.69, 9.17) is 0 Å². The van der Waals surface area contributed by atoms with Crippen molar-refractivity contribution in [3.8, 4) is 0 Å². The lowest BCUT2D eigenvalue weighted by Gasteiger charge is -2.40. The second kappa shape index (κ2) is 4.90. The molecule has 1 saturated heterocycles. The third-order valence-corrected chi connectivity index (χ3v) is 4.29. The summed E-state index contributed by atoms with van der Waals surface area (Å²) in [7, 11) is 0. The maximum Gasteiger partial charge on any atom is 0.246 e. The summed E-state index contributed by atoms with van der Waals surface area (Å²) < 4.78 is 0. The molecule has 1 aliphatic carbocycles. The van der Waals surface area contributed by atoms with E-state index in [1.807, 2.05) is 25.7 Å². The summed E-state index contributed by atoms with van der Waals surface area (Å²) in [6, 6.07) is -0.602. The fourth-order valence-corrected chi connectivity index (χ4v) is 2.77. The second-order valence-electron chi connectivity index (χ2n) is 6.12. The van der Waals surface area contributed by atoms with E-state index < -0.39 is 0 Å². The lowest BCUT2D eigenvalue weighted by molar-refractivity contribution is -0.151. The maximum absolute atomic E-state index is 12.5. The van der Waals surface area contributed by atoms with Crippen LogP contribution in [0.1, 0.15) is 40.5 Å². The number of rotatable bonds is 4. The minimum absolute atomic E-state index is 0.0177. The zero-order chi connectivity index (χ0) is 13.4. The molecule has 18 heavy (non-hydrogen) atoms. The predicted molar refractivity (Wildman–Crippen MR) is 69.8 cm³/mol. The Balaban J connectivity index is 2.13. The van der Waals surface area contributed by atoms with Crippen LogP contribution in [-0.2, 0) is 9.59 Å². The summed E-state index contributed by atoms with van der Waals surface area (Å²) in [5.41, 5.74) is 0. The molecule has 0 bridgehead atoms. The molecule has 1 aliphatic heterocycles. The summed E-state index contributed by atoms with van der Waals surface area (Å²) in [6.07, 6.45) is 1.89. The van der Waals surface area contributed by atoms with Crippen LogP contribution >= 0.6 is 0 Å². The molecule has 0 spiro atoms. The maximum atomic E-state index is 12.5. The lowest BCUT2D eigenvalue weighted by Crippen LogP contribution is -2.64. The van der Waals surface area contributed by atoms with E-state index >= 15 is 0 Å². The van der Waals surface area contributed by atoms with E-state index in [1.54, 1.807) is 0 Å². The van der Waals surface area contributed by atoms with Crippen LogP contribution in [0, 0.1) is 17.8 Å². The van der Waals surface area contributed by atoms with Crippen molar-refractivity contribution in [2.45, 2.75) is 52.6 Å². The first kappa shape index (κ1) is 13.4. The molecule has 102 valence electrons. The number of amides is 2. The minimum atomic E-state index is -0.339. The van der Waals surface area contributed by atoms with E-state index in [-0.39, 0.29) is 29.8 Å². The Morgan fingerprint density at radius 2 is 2.00 bits per heavy atom. The highest BCUT2D eigenvalue weighted by atomic mass is 16.2. The quantitative estimate of drug-likeness (QED) is 0.822. The van der Waals surface area contributed by atoms with E-state index in [9.17, 15) is 9.59 Å². The third kappa shape index (κ3) is 2.38. The number of nitrogens with one attached hydrogen (secondary N) is 1. The van der Waals surface area contributed by atoms with Gasteiger partial charge in [0, 0.05) is 6.54 Å². The van der Waals surface area contributed by atoms with Crippen molar-refractivity contribution in [2.75, 3.05) is 6.54 Å². The van der Waals surface area contributed by atoms with Gasteiger partial charge in [-0.15, -0.1) is 0 Å². The van der Waals surface area contributed by atoms with Gasteiger partial charge in [-0.1, -0.05) is 27.7 Å². The van der Waals surface area contributed by atoms with Gasteiger partial charge >= 0.3 is 0 Å². The molecule has 0 aromatic heterocycles. The number of nitrogens with zero attached hydrogens (tertiary/aromatic N) is 1. The molecule has 2 fully saturated rings. The number of hydrogen-bond donors (Lipinski definition) is 1. The summed E-state index contributed by atoms with van der Waals surface area (Å²) >= 11 is 0. The minimum Gasteiger partial charge on any atom is -0.342 e. The molecular formula is C14H24N2O2. The Labute approximate surface area is 109 Å². The monoisotopic (exact) mass is 252 g/mol. The molecule has 1 heterocycles. The average molecular weight is 252 g/mol. The van der Waals surface area contributed by atoms with Gasteiger partial charge in [-0.05, 0) is 30.6 Å². The molecule has 0 aromatic rings. The van der Waals surface area contributed by atoms with Crippen LogP contribution in [0.3, 0.4) is 0 Å². The Kier molecular flexibility index (Phi) is 3.64. The van der Waals surface area contributed by atoms with Crippen LogP contribution in [-0.4, -0.2) is 35.3 Å². The molecule has 2 rings (SSSR count). The van der Waals surface area contributed by atoms with Crippen molar-refractivity contribution in [1.82, 2.24) is 10.2 Å². The van der Waals surface area contributed by atoms with Crippen molar-refractivity contribution in [2.24, 2.45) is 17.8 Å². The van der Waals surface area contributed by atoms with Crippen LogP contribution in [0.5, 0.6) is 0 Å². The molecular weight excluding hydrogens is 228 g/mol. The van der Waals surface area contributed by atoms with Gasteiger partial charge in [0.25, 0.3) is 0 Å². The van der Waals surface area contributed by atoms with E-state index in [1.165, 1.54) is 6.42 Å². The molecule has 4 nitrogen and oxygen atoms in total. The van der Waals surface area contributed by atoms with Crippen molar-refractivity contribution in [3.05, 3.63) is 0 Å². The highest BCUT2D eigenvalue weighted by molar-refractivity contribution is 5.97. The predicted octanol–water partition coefficient (Wildman–Crippen LogP) is 1.40. The van der Waals surface area contributed by atoms with Gasteiger partial charge in [0.05, 0.1) is 0 Å². The first-order valence-corrected chi connectivity index (χ1v) is 7.06. The highest BCUT2D eigenvalue weighted by Gasteiger charge is 2.44. The Morgan fingerprint density at radius 1 is 1.39 bits per heavy atom. The molecule has 2 aliphatic rings. The largest absolute Gasteiger partial charge is 0.342 e. The number of carbonyl (C=O) groups excluding carboxylic acids is 2. The zero-order valence-corrected chi connectivity index (χ0v) is 11.8. The van der Waals surface area contributed by atoms with Gasteiger partial charge < -0.3 is 10.2 Å². The zero-order valence-electron chi connectivity index (χ0n) is 11.8. The molecule has 4 heteroatoms. The SMILES string of the molecule is CCC1C(=O)NC(C(C)C)C(=O)N1CC1CC1C. The number of hydrogen-bond acceptors (Lipinski definition) is 2. The van der Waals surface area contributed by atoms with Crippen LogP contribution in [0.25, 0.3) is 0 Å². The Bertz CT molecular complexity index is 354. The van der Waals surface area contributed by atoms with Gasteiger partial charge in [-0.2, -0.15) is 0 Å². The van der Waals surface area contributed by atoms with E-state index in [0.29, 0.717) is 18.3 Å². The van der Waals surface area contributed by atoms with Crippen molar-refractivity contribution in [3.63, 3.8) is 0 Å².